The van der Waals surface area contributed by atoms with E-state index >= 15 is 0 Å². The summed E-state index contributed by atoms with van der Waals surface area (Å²) in [7, 11) is 1.44. The topological polar surface area (TPSA) is 18.5 Å². The predicted octanol–water partition coefficient (Wildman–Crippen LogP) is 4.88. The average Bonchev–Trinajstić information content (AvgIpc) is 2.18. The predicted molar refractivity (Wildman–Crippen MR) is 77.7 cm³/mol. The third kappa shape index (κ3) is 3.12. The molecule has 0 saturated carbocycles. The monoisotopic (exact) mass is 260 g/mol. The van der Waals surface area contributed by atoms with E-state index in [9.17, 15) is 0 Å². The Labute approximate surface area is 109 Å². The highest BCUT2D eigenvalue weighted by Gasteiger charge is 2.59. The van der Waals surface area contributed by atoms with E-state index in [1.54, 1.807) is 0 Å². The molecule has 0 unspecified atom stereocenters. The van der Waals surface area contributed by atoms with Gasteiger partial charge in [-0.25, -0.2) is 0 Å². The van der Waals surface area contributed by atoms with Crippen molar-refractivity contribution < 1.29 is 8.85 Å². The van der Waals surface area contributed by atoms with Crippen LogP contribution in [0.15, 0.2) is 0 Å². The maximum atomic E-state index is 6.04. The Balaban J connectivity index is 5.42. The maximum absolute atomic E-state index is 6.04. The Morgan fingerprint density at radius 2 is 1.06 bits per heavy atom. The van der Waals surface area contributed by atoms with Crippen LogP contribution in [0.2, 0.25) is 10.1 Å². The van der Waals surface area contributed by atoms with Crippen molar-refractivity contribution in [2.45, 2.75) is 77.3 Å². The van der Waals surface area contributed by atoms with Gasteiger partial charge in [0.25, 0.3) is 0 Å². The summed E-state index contributed by atoms with van der Waals surface area (Å²) in [4.78, 5) is 0. The highest BCUT2D eigenvalue weighted by molar-refractivity contribution is 6.73. The number of hydrogen-bond acceptors (Lipinski definition) is 2. The van der Waals surface area contributed by atoms with Crippen molar-refractivity contribution in [2.24, 2.45) is 0 Å². The Kier molecular flexibility index (Phi) is 6.40. The molecule has 0 bridgehead atoms. The summed E-state index contributed by atoms with van der Waals surface area (Å²) in [6.07, 6.45) is 4.68. The third-order valence-corrected chi connectivity index (χ3v) is 9.32. The molecule has 0 fully saturated rings. The molecule has 0 heterocycles. The molecule has 0 rings (SSSR count). The normalized spacial score (nSPS) is 14.1. The standard InChI is InChI=1S/C14H32O2Si/c1-9-11-13(3,4)17(15-7,16-8)14(5,6)12-10-2/h9-12H2,1-8H3. The molecule has 17 heavy (non-hydrogen) atoms. The largest absolute Gasteiger partial charge is 0.397 e. The van der Waals surface area contributed by atoms with Gasteiger partial charge in [-0.2, -0.15) is 0 Å². The fraction of sp³-hybridized carbons (Fsp3) is 1.00. The van der Waals surface area contributed by atoms with Gasteiger partial charge in [-0.1, -0.05) is 54.4 Å². The lowest BCUT2D eigenvalue weighted by Crippen LogP contribution is -2.57. The van der Waals surface area contributed by atoms with Crippen LogP contribution in [0.3, 0.4) is 0 Å². The minimum Gasteiger partial charge on any atom is -0.397 e. The van der Waals surface area contributed by atoms with E-state index < -0.39 is 8.56 Å². The molecular formula is C14H32O2Si. The van der Waals surface area contributed by atoms with E-state index in [0.29, 0.717) is 0 Å². The Hall–Kier alpha value is 0.137. The van der Waals surface area contributed by atoms with Crippen molar-refractivity contribution in [1.82, 2.24) is 0 Å². The van der Waals surface area contributed by atoms with Crippen molar-refractivity contribution in [3.63, 3.8) is 0 Å². The van der Waals surface area contributed by atoms with Gasteiger partial charge in [0.15, 0.2) is 0 Å². The van der Waals surface area contributed by atoms with Crippen molar-refractivity contribution >= 4 is 8.56 Å². The summed E-state index contributed by atoms with van der Waals surface area (Å²) in [5.41, 5.74) is 0. The quantitative estimate of drug-likeness (QED) is 0.579. The molecule has 0 aromatic carbocycles. The van der Waals surface area contributed by atoms with Crippen LogP contribution in [0, 0.1) is 0 Å². The van der Waals surface area contributed by atoms with Gasteiger partial charge in [0.2, 0.25) is 0 Å². The van der Waals surface area contributed by atoms with E-state index in [0.717, 1.165) is 12.8 Å². The molecule has 0 aliphatic rings. The van der Waals surface area contributed by atoms with Crippen molar-refractivity contribution in [2.75, 3.05) is 14.2 Å². The number of hydrogen-bond donors (Lipinski definition) is 0. The zero-order valence-electron chi connectivity index (χ0n) is 13.1. The van der Waals surface area contributed by atoms with Crippen LogP contribution in [0.25, 0.3) is 0 Å². The van der Waals surface area contributed by atoms with Gasteiger partial charge < -0.3 is 8.85 Å². The molecule has 0 saturated heterocycles. The second-order valence-corrected chi connectivity index (χ2v) is 11.0. The minimum atomic E-state index is -2.24. The lowest BCUT2D eigenvalue weighted by atomic mass is 10.1. The Morgan fingerprint density at radius 1 is 0.765 bits per heavy atom. The molecule has 0 amide bonds. The van der Waals surface area contributed by atoms with Gasteiger partial charge in [0.1, 0.15) is 0 Å². The first kappa shape index (κ1) is 17.1. The second kappa shape index (κ2) is 6.35. The summed E-state index contributed by atoms with van der Waals surface area (Å²) in [6.45, 7) is 13.7. The molecule has 0 spiro atoms. The Morgan fingerprint density at radius 3 is 1.24 bits per heavy atom. The smallest absolute Gasteiger partial charge is 0.349 e. The molecule has 0 aromatic heterocycles. The van der Waals surface area contributed by atoms with Crippen molar-refractivity contribution in [3.8, 4) is 0 Å². The third-order valence-electron chi connectivity index (χ3n) is 4.11. The number of rotatable bonds is 8. The fourth-order valence-electron chi connectivity index (χ4n) is 3.68. The van der Waals surface area contributed by atoms with Gasteiger partial charge in [-0.15, -0.1) is 0 Å². The van der Waals surface area contributed by atoms with E-state index in [2.05, 4.69) is 41.5 Å². The first-order valence-corrected chi connectivity index (χ1v) is 8.66. The first-order chi connectivity index (χ1) is 7.74. The molecule has 3 heteroatoms. The summed E-state index contributed by atoms with van der Waals surface area (Å²) in [6, 6.07) is 0. The van der Waals surface area contributed by atoms with Gasteiger partial charge >= 0.3 is 8.56 Å². The van der Waals surface area contributed by atoms with E-state index in [1.165, 1.54) is 12.8 Å². The van der Waals surface area contributed by atoms with E-state index in [-0.39, 0.29) is 10.1 Å². The Bertz CT molecular complexity index is 200. The molecule has 0 aromatic rings. The second-order valence-electron chi connectivity index (χ2n) is 6.29. The molecule has 0 N–H and O–H groups in total. The summed E-state index contributed by atoms with van der Waals surface area (Å²) >= 11 is 0. The van der Waals surface area contributed by atoms with Crippen molar-refractivity contribution in [1.29, 1.82) is 0 Å². The summed E-state index contributed by atoms with van der Waals surface area (Å²) < 4.78 is 12.1. The van der Waals surface area contributed by atoms with Crippen LogP contribution in [-0.4, -0.2) is 22.8 Å². The molecular weight excluding hydrogens is 228 g/mol. The van der Waals surface area contributed by atoms with Crippen LogP contribution >= 0.6 is 0 Å². The summed E-state index contributed by atoms with van der Waals surface area (Å²) in [5.74, 6) is 0. The van der Waals surface area contributed by atoms with Gasteiger partial charge in [-0.05, 0) is 12.8 Å². The SMILES string of the molecule is CCCC(C)(C)[Si](OC)(OC)C(C)(C)CCC. The van der Waals surface area contributed by atoms with E-state index in [4.69, 9.17) is 8.85 Å². The summed E-state index contributed by atoms with van der Waals surface area (Å²) in [5, 5.41) is 0.286. The van der Waals surface area contributed by atoms with Crippen LogP contribution in [-0.2, 0) is 8.85 Å². The van der Waals surface area contributed by atoms with Crippen LogP contribution in [0.4, 0.5) is 0 Å². The lowest BCUT2D eigenvalue weighted by molar-refractivity contribution is 0.171. The molecule has 0 aliphatic carbocycles. The van der Waals surface area contributed by atoms with E-state index in [1.807, 2.05) is 14.2 Å². The van der Waals surface area contributed by atoms with Crippen LogP contribution < -0.4 is 0 Å². The molecule has 104 valence electrons. The fourth-order valence-corrected chi connectivity index (χ4v) is 9.05. The van der Waals surface area contributed by atoms with Gasteiger partial charge in [0.05, 0.1) is 0 Å². The lowest BCUT2D eigenvalue weighted by Gasteiger charge is -2.50. The zero-order valence-corrected chi connectivity index (χ0v) is 14.1. The van der Waals surface area contributed by atoms with Crippen LogP contribution in [0.1, 0.15) is 67.2 Å². The zero-order chi connectivity index (χ0) is 13.7. The van der Waals surface area contributed by atoms with Crippen molar-refractivity contribution in [3.05, 3.63) is 0 Å². The minimum absolute atomic E-state index is 0.143. The average molecular weight is 260 g/mol. The first-order valence-electron chi connectivity index (χ1n) is 6.85. The highest BCUT2D eigenvalue weighted by Crippen LogP contribution is 2.56. The van der Waals surface area contributed by atoms with Crippen LogP contribution in [0.5, 0.6) is 0 Å². The highest BCUT2D eigenvalue weighted by atomic mass is 28.4. The molecule has 0 radical (unpaired) electrons. The van der Waals surface area contributed by atoms with Gasteiger partial charge in [-0.3, -0.25) is 0 Å². The molecule has 2 nitrogen and oxygen atoms in total. The molecule has 0 aliphatic heterocycles. The molecule has 0 atom stereocenters. The maximum Gasteiger partial charge on any atom is 0.349 e. The van der Waals surface area contributed by atoms with Gasteiger partial charge in [0, 0.05) is 24.3 Å².